The van der Waals surface area contributed by atoms with Gasteiger partial charge in [-0.2, -0.15) is 0 Å². The zero-order chi connectivity index (χ0) is 14.8. The summed E-state index contributed by atoms with van der Waals surface area (Å²) in [6.07, 6.45) is 0. The lowest BCUT2D eigenvalue weighted by Crippen LogP contribution is -2.02. The highest BCUT2D eigenvalue weighted by molar-refractivity contribution is 7.17. The summed E-state index contributed by atoms with van der Waals surface area (Å²) in [4.78, 5) is 10.4. The van der Waals surface area contributed by atoms with E-state index in [1.54, 1.807) is 11.3 Å². The summed E-state index contributed by atoms with van der Waals surface area (Å²) in [5.74, 6) is -0.617. The maximum Gasteiger partial charge on any atom is 0.295 e. The fraction of sp³-hybridized carbons (Fsp3) is 0.0667. The van der Waals surface area contributed by atoms with Crippen molar-refractivity contribution in [2.24, 2.45) is 0 Å². The minimum absolute atomic E-state index is 0.255. The molecular formula is C15H11FN2O2S. The van der Waals surface area contributed by atoms with Gasteiger partial charge in [0.15, 0.2) is 0 Å². The van der Waals surface area contributed by atoms with Crippen molar-refractivity contribution < 1.29 is 9.31 Å². The van der Waals surface area contributed by atoms with Crippen LogP contribution in [-0.2, 0) is 6.54 Å². The molecule has 106 valence electrons. The molecule has 1 heterocycles. The normalized spacial score (nSPS) is 10.7. The van der Waals surface area contributed by atoms with Crippen LogP contribution in [0.2, 0.25) is 0 Å². The van der Waals surface area contributed by atoms with E-state index in [0.717, 1.165) is 17.0 Å². The van der Waals surface area contributed by atoms with Crippen LogP contribution in [0.25, 0.3) is 10.1 Å². The molecule has 0 aliphatic carbocycles. The molecule has 3 rings (SSSR count). The lowest BCUT2D eigenvalue weighted by Gasteiger charge is -2.06. The van der Waals surface area contributed by atoms with Crippen molar-refractivity contribution in [3.05, 3.63) is 69.3 Å². The summed E-state index contributed by atoms with van der Waals surface area (Å²) in [7, 11) is 0. The molecule has 0 aliphatic heterocycles. The van der Waals surface area contributed by atoms with Crippen LogP contribution in [0.5, 0.6) is 0 Å². The summed E-state index contributed by atoms with van der Waals surface area (Å²) >= 11 is 1.63. The molecule has 0 radical (unpaired) electrons. The first-order valence-electron chi connectivity index (χ1n) is 6.28. The third kappa shape index (κ3) is 2.71. The van der Waals surface area contributed by atoms with E-state index >= 15 is 0 Å². The number of nitrogens with one attached hydrogen (secondary N) is 1. The van der Waals surface area contributed by atoms with Crippen molar-refractivity contribution in [2.45, 2.75) is 6.54 Å². The summed E-state index contributed by atoms with van der Waals surface area (Å²) in [6.45, 7) is 0.455. The number of hydrogen-bond acceptors (Lipinski definition) is 4. The van der Waals surface area contributed by atoms with E-state index in [4.69, 9.17) is 0 Å². The van der Waals surface area contributed by atoms with Gasteiger partial charge in [-0.25, -0.2) is 4.39 Å². The lowest BCUT2D eigenvalue weighted by atomic mass is 10.1. The summed E-state index contributed by atoms with van der Waals surface area (Å²) in [5.41, 5.74) is 1.13. The number of thiophene rings is 1. The van der Waals surface area contributed by atoms with Crippen LogP contribution < -0.4 is 5.32 Å². The molecule has 0 saturated carbocycles. The van der Waals surface area contributed by atoms with Gasteiger partial charge in [0.05, 0.1) is 11.0 Å². The summed E-state index contributed by atoms with van der Waals surface area (Å²) < 4.78 is 14.3. The third-order valence-corrected chi connectivity index (χ3v) is 4.20. The number of halogens is 1. The molecule has 0 unspecified atom stereocenters. The zero-order valence-corrected chi connectivity index (χ0v) is 11.7. The maximum atomic E-state index is 13.1. The number of nitro benzene ring substituents is 1. The van der Waals surface area contributed by atoms with Crippen molar-refractivity contribution in [1.29, 1.82) is 0 Å². The second-order valence-corrected chi connectivity index (χ2v) is 5.44. The molecule has 0 atom stereocenters. The molecule has 1 aromatic heterocycles. The van der Waals surface area contributed by atoms with Crippen molar-refractivity contribution in [3.63, 3.8) is 0 Å². The first-order valence-corrected chi connectivity index (χ1v) is 7.16. The van der Waals surface area contributed by atoms with Gasteiger partial charge in [0.25, 0.3) is 5.69 Å². The van der Waals surface area contributed by atoms with Gasteiger partial charge in [0, 0.05) is 11.2 Å². The average Bonchev–Trinajstić information content (AvgIpc) is 2.89. The molecule has 4 nitrogen and oxygen atoms in total. The molecule has 21 heavy (non-hydrogen) atoms. The molecule has 0 aliphatic rings. The second-order valence-electron chi connectivity index (χ2n) is 4.53. The van der Waals surface area contributed by atoms with Crippen molar-refractivity contribution >= 4 is 32.8 Å². The Morgan fingerprint density at radius 2 is 2.05 bits per heavy atom. The van der Waals surface area contributed by atoms with E-state index < -0.39 is 10.7 Å². The van der Waals surface area contributed by atoms with Crippen molar-refractivity contribution in [3.8, 4) is 0 Å². The van der Waals surface area contributed by atoms with E-state index in [2.05, 4.69) is 5.32 Å². The lowest BCUT2D eigenvalue weighted by molar-refractivity contribution is -0.384. The average molecular weight is 302 g/mol. The van der Waals surface area contributed by atoms with Crippen LogP contribution in [0, 0.1) is 15.9 Å². The van der Waals surface area contributed by atoms with Gasteiger partial charge in [-0.15, -0.1) is 11.3 Å². The third-order valence-electron chi connectivity index (χ3n) is 3.19. The Labute approximate surface area is 124 Å². The van der Waals surface area contributed by atoms with E-state index in [0.29, 0.717) is 12.2 Å². The molecule has 0 amide bonds. The number of rotatable bonds is 4. The molecule has 6 heteroatoms. The highest BCUT2D eigenvalue weighted by Crippen LogP contribution is 2.29. The van der Waals surface area contributed by atoms with E-state index in [1.807, 2.05) is 29.6 Å². The first-order chi connectivity index (χ1) is 10.1. The van der Waals surface area contributed by atoms with Gasteiger partial charge in [0.2, 0.25) is 0 Å². The monoisotopic (exact) mass is 302 g/mol. The number of anilines is 1. The van der Waals surface area contributed by atoms with Crippen molar-refractivity contribution in [1.82, 2.24) is 0 Å². The van der Waals surface area contributed by atoms with Crippen LogP contribution in [0.3, 0.4) is 0 Å². The Balaban J connectivity index is 1.87. The van der Waals surface area contributed by atoms with Crippen LogP contribution in [0.15, 0.2) is 47.8 Å². The molecule has 0 saturated heterocycles. The fourth-order valence-electron chi connectivity index (χ4n) is 2.17. The van der Waals surface area contributed by atoms with Gasteiger partial charge in [-0.3, -0.25) is 10.1 Å². The Hall–Kier alpha value is -2.47. The van der Waals surface area contributed by atoms with E-state index in [-0.39, 0.29) is 5.69 Å². The van der Waals surface area contributed by atoms with Crippen LogP contribution in [0.1, 0.15) is 5.56 Å². The SMILES string of the molecule is O=[N+]([O-])c1cc(F)ccc1NCc1csc2ccccc12. The van der Waals surface area contributed by atoms with Gasteiger partial charge in [0.1, 0.15) is 11.5 Å². The molecule has 3 aromatic rings. The Kier molecular flexibility index (Phi) is 3.53. The minimum Gasteiger partial charge on any atom is -0.375 e. The fourth-order valence-corrected chi connectivity index (χ4v) is 3.13. The number of nitrogens with zero attached hydrogens (tertiary/aromatic N) is 1. The number of benzene rings is 2. The Bertz CT molecular complexity index is 816. The predicted octanol–water partition coefficient (Wildman–Crippen LogP) is 4.56. The second kappa shape index (κ2) is 5.49. The van der Waals surface area contributed by atoms with Crippen LogP contribution in [-0.4, -0.2) is 4.92 Å². The number of nitro groups is 1. The summed E-state index contributed by atoms with van der Waals surface area (Å²) in [5, 5.41) is 17.1. The van der Waals surface area contributed by atoms with Gasteiger partial charge < -0.3 is 5.32 Å². The molecule has 2 aromatic carbocycles. The molecule has 0 fully saturated rings. The molecule has 0 bridgehead atoms. The zero-order valence-electron chi connectivity index (χ0n) is 10.9. The number of hydrogen-bond donors (Lipinski definition) is 1. The van der Waals surface area contributed by atoms with Crippen molar-refractivity contribution in [2.75, 3.05) is 5.32 Å². The standard InChI is InChI=1S/C15H11FN2O2S/c16-11-5-6-13(14(7-11)18(19)20)17-8-10-9-21-15-4-2-1-3-12(10)15/h1-7,9,17H,8H2. The van der Waals surface area contributed by atoms with Gasteiger partial charge >= 0.3 is 0 Å². The summed E-state index contributed by atoms with van der Waals surface area (Å²) in [6, 6.07) is 11.5. The van der Waals surface area contributed by atoms with Crippen LogP contribution in [0.4, 0.5) is 15.8 Å². The maximum absolute atomic E-state index is 13.1. The topological polar surface area (TPSA) is 55.2 Å². The largest absolute Gasteiger partial charge is 0.375 e. The number of fused-ring (bicyclic) bond motifs is 1. The van der Waals surface area contributed by atoms with E-state index in [9.17, 15) is 14.5 Å². The van der Waals surface area contributed by atoms with Gasteiger partial charge in [-0.1, -0.05) is 18.2 Å². The van der Waals surface area contributed by atoms with Crippen LogP contribution >= 0.6 is 11.3 Å². The predicted molar refractivity (Wildman–Crippen MR) is 82.2 cm³/mol. The highest BCUT2D eigenvalue weighted by Gasteiger charge is 2.15. The minimum atomic E-state index is -0.617. The Morgan fingerprint density at radius 1 is 1.24 bits per heavy atom. The molecule has 1 N–H and O–H groups in total. The Morgan fingerprint density at radius 3 is 2.86 bits per heavy atom. The smallest absolute Gasteiger partial charge is 0.295 e. The first kappa shape index (κ1) is 13.5. The highest BCUT2D eigenvalue weighted by atomic mass is 32.1. The van der Waals surface area contributed by atoms with Gasteiger partial charge in [-0.05, 0) is 34.5 Å². The van der Waals surface area contributed by atoms with E-state index in [1.165, 1.54) is 16.8 Å². The molecule has 0 spiro atoms. The quantitative estimate of drug-likeness (QED) is 0.567. The molecular weight excluding hydrogens is 291 g/mol.